The van der Waals surface area contributed by atoms with Gasteiger partial charge in [0, 0.05) is 6.08 Å². The van der Waals surface area contributed by atoms with E-state index in [0.29, 0.717) is 5.75 Å². The molecule has 0 atom stereocenters. The van der Waals surface area contributed by atoms with Gasteiger partial charge in [0.25, 0.3) is 0 Å². The number of esters is 1. The van der Waals surface area contributed by atoms with E-state index < -0.39 is 5.97 Å². The lowest BCUT2D eigenvalue weighted by Gasteiger charge is -2.07. The zero-order chi connectivity index (χ0) is 15.3. The molecule has 0 bridgehead atoms. The van der Waals surface area contributed by atoms with Crippen LogP contribution in [0.1, 0.15) is 51.9 Å². The number of unbranched alkanes of at least 4 members (excludes halogenated alkanes) is 6. The normalized spacial score (nSPS) is 10.1. The van der Waals surface area contributed by atoms with Crippen LogP contribution in [-0.2, 0) is 4.79 Å². The highest BCUT2D eigenvalue weighted by atomic mass is 16.5. The number of benzene rings is 1. The van der Waals surface area contributed by atoms with Crippen molar-refractivity contribution >= 4 is 5.97 Å². The molecule has 116 valence electrons. The smallest absolute Gasteiger partial charge is 0.335 e. The van der Waals surface area contributed by atoms with Crippen molar-refractivity contribution in [2.24, 2.45) is 0 Å². The van der Waals surface area contributed by atoms with Crippen LogP contribution in [-0.4, -0.2) is 12.6 Å². The number of hydrogen-bond acceptors (Lipinski definition) is 3. The molecule has 0 radical (unpaired) electrons. The fourth-order valence-corrected chi connectivity index (χ4v) is 2.01. The van der Waals surface area contributed by atoms with E-state index in [0.717, 1.165) is 24.9 Å². The highest BCUT2D eigenvalue weighted by molar-refractivity contribution is 5.83. The molecule has 0 saturated carbocycles. The second kappa shape index (κ2) is 11.0. The Hall–Kier alpha value is -1.77. The molecule has 0 spiro atoms. The molecule has 0 aromatic heterocycles. The highest BCUT2D eigenvalue weighted by Crippen LogP contribution is 2.18. The first kappa shape index (κ1) is 17.3. The lowest BCUT2D eigenvalue weighted by molar-refractivity contribution is -0.128. The van der Waals surface area contributed by atoms with Gasteiger partial charge in [-0.2, -0.15) is 0 Å². The molecule has 0 heterocycles. The molecule has 0 unspecified atom stereocenters. The third kappa shape index (κ3) is 8.18. The van der Waals surface area contributed by atoms with Crippen molar-refractivity contribution in [1.29, 1.82) is 0 Å². The van der Waals surface area contributed by atoms with Crippen LogP contribution in [0.5, 0.6) is 11.5 Å². The Morgan fingerprint density at radius 1 is 1.00 bits per heavy atom. The van der Waals surface area contributed by atoms with Crippen LogP contribution in [0.4, 0.5) is 0 Å². The maximum atomic E-state index is 11.0. The number of ether oxygens (including phenoxy) is 2. The van der Waals surface area contributed by atoms with Crippen molar-refractivity contribution in [3.63, 3.8) is 0 Å². The summed E-state index contributed by atoms with van der Waals surface area (Å²) < 4.78 is 10.7. The number of carbonyl (C=O) groups is 1. The quantitative estimate of drug-likeness (QED) is 0.251. The minimum absolute atomic E-state index is 0.452. The molecule has 0 aliphatic rings. The van der Waals surface area contributed by atoms with Crippen molar-refractivity contribution in [3.8, 4) is 11.5 Å². The Morgan fingerprint density at radius 2 is 1.57 bits per heavy atom. The summed E-state index contributed by atoms with van der Waals surface area (Å²) >= 11 is 0. The number of rotatable bonds is 11. The first-order valence-corrected chi connectivity index (χ1v) is 7.83. The van der Waals surface area contributed by atoms with Gasteiger partial charge in [0.1, 0.15) is 11.5 Å². The van der Waals surface area contributed by atoms with Gasteiger partial charge in [-0.3, -0.25) is 0 Å². The summed E-state index contributed by atoms with van der Waals surface area (Å²) in [5.74, 6) is 0.856. The van der Waals surface area contributed by atoms with Crippen molar-refractivity contribution in [2.75, 3.05) is 6.61 Å². The van der Waals surface area contributed by atoms with Crippen LogP contribution in [0, 0.1) is 0 Å². The molecule has 3 nitrogen and oxygen atoms in total. The molecule has 0 aliphatic carbocycles. The number of hydrogen-bond donors (Lipinski definition) is 0. The first-order valence-electron chi connectivity index (χ1n) is 7.83. The predicted octanol–water partition coefficient (Wildman–Crippen LogP) is 4.91. The summed E-state index contributed by atoms with van der Waals surface area (Å²) in [4.78, 5) is 11.0. The Bertz CT molecular complexity index is 409. The summed E-state index contributed by atoms with van der Waals surface area (Å²) in [5.41, 5.74) is 0. The molecule has 3 heteroatoms. The zero-order valence-corrected chi connectivity index (χ0v) is 13.0. The number of carbonyl (C=O) groups excluding carboxylic acids is 1. The summed E-state index contributed by atoms with van der Waals surface area (Å²) in [6, 6.07) is 7.07. The standard InChI is InChI=1S/C18H26O3/c1-3-5-6-7-8-9-10-15-20-16-11-13-17(14-12-16)21-18(19)4-2/h4,11-14H,2-3,5-10,15H2,1H3. The Morgan fingerprint density at radius 3 is 2.19 bits per heavy atom. The van der Waals surface area contributed by atoms with Crippen LogP contribution in [0.3, 0.4) is 0 Å². The summed E-state index contributed by atoms with van der Waals surface area (Å²) in [6.07, 6.45) is 10.1. The van der Waals surface area contributed by atoms with E-state index in [1.807, 2.05) is 12.1 Å². The largest absolute Gasteiger partial charge is 0.494 e. The lowest BCUT2D eigenvalue weighted by atomic mass is 10.1. The maximum absolute atomic E-state index is 11.0. The van der Waals surface area contributed by atoms with E-state index in [2.05, 4.69) is 13.5 Å². The monoisotopic (exact) mass is 290 g/mol. The van der Waals surface area contributed by atoms with E-state index in [1.165, 1.54) is 38.5 Å². The average Bonchev–Trinajstić information content (AvgIpc) is 2.51. The second-order valence-corrected chi connectivity index (χ2v) is 5.07. The van der Waals surface area contributed by atoms with Crippen molar-refractivity contribution in [1.82, 2.24) is 0 Å². The first-order chi connectivity index (χ1) is 10.3. The molecule has 0 saturated heterocycles. The van der Waals surface area contributed by atoms with Crippen molar-refractivity contribution < 1.29 is 14.3 Å². The van der Waals surface area contributed by atoms with Gasteiger partial charge in [-0.25, -0.2) is 4.79 Å². The van der Waals surface area contributed by atoms with Crippen LogP contribution in [0.2, 0.25) is 0 Å². The van der Waals surface area contributed by atoms with Gasteiger partial charge < -0.3 is 9.47 Å². The third-order valence-corrected chi connectivity index (χ3v) is 3.23. The molecule has 1 rings (SSSR count). The SMILES string of the molecule is C=CC(=O)Oc1ccc(OCCCCCCCCC)cc1. The van der Waals surface area contributed by atoms with Gasteiger partial charge in [0.05, 0.1) is 6.61 Å². The molecule has 0 amide bonds. The second-order valence-electron chi connectivity index (χ2n) is 5.07. The molecular weight excluding hydrogens is 264 g/mol. The van der Waals surface area contributed by atoms with Gasteiger partial charge in [-0.15, -0.1) is 0 Å². The van der Waals surface area contributed by atoms with E-state index >= 15 is 0 Å². The van der Waals surface area contributed by atoms with Gasteiger partial charge in [0.2, 0.25) is 0 Å². The molecule has 1 aromatic carbocycles. The zero-order valence-electron chi connectivity index (χ0n) is 13.0. The van der Waals surface area contributed by atoms with E-state index in [1.54, 1.807) is 12.1 Å². The van der Waals surface area contributed by atoms with E-state index in [4.69, 9.17) is 9.47 Å². The van der Waals surface area contributed by atoms with Gasteiger partial charge in [0.15, 0.2) is 0 Å². The fourth-order valence-electron chi connectivity index (χ4n) is 2.01. The topological polar surface area (TPSA) is 35.5 Å². The Balaban J connectivity index is 2.12. The Labute approximate surface area is 128 Å². The molecule has 0 aliphatic heterocycles. The van der Waals surface area contributed by atoms with Gasteiger partial charge in [-0.1, -0.05) is 52.0 Å². The third-order valence-electron chi connectivity index (χ3n) is 3.23. The molecule has 0 fully saturated rings. The summed E-state index contributed by atoms with van der Waals surface area (Å²) in [5, 5.41) is 0. The predicted molar refractivity (Wildman–Crippen MR) is 85.8 cm³/mol. The highest BCUT2D eigenvalue weighted by Gasteiger charge is 2.00. The van der Waals surface area contributed by atoms with Gasteiger partial charge >= 0.3 is 5.97 Å². The van der Waals surface area contributed by atoms with E-state index in [-0.39, 0.29) is 0 Å². The molecule has 0 N–H and O–H groups in total. The Kier molecular flexibility index (Phi) is 9.01. The molecular formula is C18H26O3. The van der Waals surface area contributed by atoms with Crippen LogP contribution in [0.15, 0.2) is 36.9 Å². The van der Waals surface area contributed by atoms with E-state index in [9.17, 15) is 4.79 Å². The van der Waals surface area contributed by atoms with Crippen LogP contribution >= 0.6 is 0 Å². The summed E-state index contributed by atoms with van der Waals surface area (Å²) in [7, 11) is 0. The minimum Gasteiger partial charge on any atom is -0.494 e. The molecule has 1 aromatic rings. The maximum Gasteiger partial charge on any atom is 0.335 e. The fraction of sp³-hybridized carbons (Fsp3) is 0.500. The summed E-state index contributed by atoms with van der Waals surface area (Å²) in [6.45, 7) is 6.33. The van der Waals surface area contributed by atoms with Gasteiger partial charge in [-0.05, 0) is 30.7 Å². The average molecular weight is 290 g/mol. The molecule has 21 heavy (non-hydrogen) atoms. The minimum atomic E-state index is -0.452. The van der Waals surface area contributed by atoms with Crippen LogP contribution < -0.4 is 9.47 Å². The van der Waals surface area contributed by atoms with Crippen molar-refractivity contribution in [2.45, 2.75) is 51.9 Å². The van der Waals surface area contributed by atoms with Crippen molar-refractivity contribution in [3.05, 3.63) is 36.9 Å². The lowest BCUT2D eigenvalue weighted by Crippen LogP contribution is -2.03. The van der Waals surface area contributed by atoms with Crippen LogP contribution in [0.25, 0.3) is 0 Å².